The third-order valence-electron chi connectivity index (χ3n) is 2.14. The molecule has 0 amide bonds. The van der Waals surface area contributed by atoms with E-state index in [9.17, 15) is 0 Å². The summed E-state index contributed by atoms with van der Waals surface area (Å²) >= 11 is 6.01. The first kappa shape index (κ1) is 11.4. The van der Waals surface area contributed by atoms with Crippen molar-refractivity contribution in [2.75, 3.05) is 19.6 Å². The van der Waals surface area contributed by atoms with Gasteiger partial charge in [0.25, 0.3) is 0 Å². The van der Waals surface area contributed by atoms with Crippen LogP contribution in [0.2, 0.25) is 5.02 Å². The molecule has 0 spiro atoms. The lowest BCUT2D eigenvalue weighted by Gasteiger charge is -2.19. The van der Waals surface area contributed by atoms with Gasteiger partial charge in [0.2, 0.25) is 0 Å². The predicted molar refractivity (Wildman–Crippen MR) is 59.3 cm³/mol. The Morgan fingerprint density at radius 2 is 2.36 bits per heavy atom. The van der Waals surface area contributed by atoms with Crippen LogP contribution in [0.1, 0.15) is 12.5 Å². The van der Waals surface area contributed by atoms with Crippen molar-refractivity contribution in [3.8, 4) is 0 Å². The van der Waals surface area contributed by atoms with Crippen LogP contribution in [0, 0.1) is 0 Å². The lowest BCUT2D eigenvalue weighted by Crippen LogP contribution is -2.28. The molecule has 4 heteroatoms. The summed E-state index contributed by atoms with van der Waals surface area (Å²) in [4.78, 5) is 6.20. The number of nitrogens with two attached hydrogens (primary N) is 1. The maximum atomic E-state index is 6.01. The molecule has 1 aromatic rings. The number of hydrogen-bond donors (Lipinski definition) is 1. The molecule has 0 atom stereocenters. The number of halogens is 1. The number of likely N-dealkylation sites (N-methyl/N-ethyl adjacent to an activating group) is 1. The Balaban J connectivity index is 2.62. The summed E-state index contributed by atoms with van der Waals surface area (Å²) < 4.78 is 0. The molecule has 0 saturated carbocycles. The Hall–Kier alpha value is -0.640. The summed E-state index contributed by atoms with van der Waals surface area (Å²) in [6.45, 7) is 5.52. The monoisotopic (exact) mass is 213 g/mol. The van der Waals surface area contributed by atoms with E-state index in [1.165, 1.54) is 0 Å². The van der Waals surface area contributed by atoms with Crippen molar-refractivity contribution in [2.24, 2.45) is 5.73 Å². The number of rotatable bonds is 5. The average Bonchev–Trinajstić information content (AvgIpc) is 2.20. The molecule has 2 N–H and O–H groups in total. The van der Waals surface area contributed by atoms with Gasteiger partial charge in [0.15, 0.2) is 0 Å². The second-order valence-corrected chi connectivity index (χ2v) is 3.53. The van der Waals surface area contributed by atoms with Crippen molar-refractivity contribution in [1.29, 1.82) is 0 Å². The van der Waals surface area contributed by atoms with E-state index in [4.69, 9.17) is 17.3 Å². The molecule has 0 aromatic carbocycles. The molecule has 1 heterocycles. The van der Waals surface area contributed by atoms with Crippen molar-refractivity contribution in [1.82, 2.24) is 9.88 Å². The Labute approximate surface area is 89.9 Å². The molecular weight excluding hydrogens is 198 g/mol. The van der Waals surface area contributed by atoms with E-state index >= 15 is 0 Å². The zero-order valence-electron chi connectivity index (χ0n) is 8.41. The third kappa shape index (κ3) is 3.25. The van der Waals surface area contributed by atoms with Crippen LogP contribution in [0.15, 0.2) is 18.5 Å². The van der Waals surface area contributed by atoms with Gasteiger partial charge in [-0.3, -0.25) is 9.88 Å². The fourth-order valence-corrected chi connectivity index (χ4v) is 1.48. The molecule has 78 valence electrons. The van der Waals surface area contributed by atoms with Gasteiger partial charge in [-0.25, -0.2) is 0 Å². The SMILES string of the molecule is CCN(CCN)Cc1ccncc1Cl. The van der Waals surface area contributed by atoms with E-state index in [1.807, 2.05) is 6.07 Å². The second-order valence-electron chi connectivity index (χ2n) is 3.12. The summed E-state index contributed by atoms with van der Waals surface area (Å²) in [5.41, 5.74) is 6.62. The fourth-order valence-electron chi connectivity index (χ4n) is 1.30. The molecule has 0 fully saturated rings. The Kier molecular flexibility index (Phi) is 4.87. The molecule has 0 aliphatic rings. The highest BCUT2D eigenvalue weighted by atomic mass is 35.5. The lowest BCUT2D eigenvalue weighted by molar-refractivity contribution is 0.288. The van der Waals surface area contributed by atoms with Crippen molar-refractivity contribution < 1.29 is 0 Å². The first-order valence-electron chi connectivity index (χ1n) is 4.78. The highest BCUT2D eigenvalue weighted by molar-refractivity contribution is 6.31. The maximum Gasteiger partial charge on any atom is 0.0634 e. The molecule has 14 heavy (non-hydrogen) atoms. The minimum absolute atomic E-state index is 0.677. The standard InChI is InChI=1S/C10H16ClN3/c1-2-14(6-4-12)8-9-3-5-13-7-10(9)11/h3,5,7H,2,4,6,8,12H2,1H3. The molecule has 3 nitrogen and oxygen atoms in total. The van der Waals surface area contributed by atoms with E-state index in [-0.39, 0.29) is 0 Å². The Morgan fingerprint density at radius 1 is 1.57 bits per heavy atom. The highest BCUT2D eigenvalue weighted by Crippen LogP contribution is 2.15. The molecule has 0 radical (unpaired) electrons. The van der Waals surface area contributed by atoms with Crippen LogP contribution in [-0.2, 0) is 6.54 Å². The first-order chi connectivity index (χ1) is 6.77. The van der Waals surface area contributed by atoms with Gasteiger partial charge in [-0.05, 0) is 18.2 Å². The van der Waals surface area contributed by atoms with Gasteiger partial charge in [-0.15, -0.1) is 0 Å². The number of aromatic nitrogens is 1. The van der Waals surface area contributed by atoms with Crippen LogP contribution in [0.5, 0.6) is 0 Å². The maximum absolute atomic E-state index is 6.01. The molecular formula is C10H16ClN3. The van der Waals surface area contributed by atoms with Crippen LogP contribution in [-0.4, -0.2) is 29.5 Å². The number of hydrogen-bond acceptors (Lipinski definition) is 3. The largest absolute Gasteiger partial charge is 0.329 e. The predicted octanol–water partition coefficient (Wildman–Crippen LogP) is 1.52. The van der Waals surface area contributed by atoms with Crippen molar-refractivity contribution in [3.05, 3.63) is 29.0 Å². The second kappa shape index (κ2) is 5.96. The van der Waals surface area contributed by atoms with Gasteiger partial charge < -0.3 is 5.73 Å². The molecule has 0 saturated heterocycles. The van der Waals surface area contributed by atoms with Crippen LogP contribution in [0.25, 0.3) is 0 Å². The smallest absolute Gasteiger partial charge is 0.0634 e. The van der Waals surface area contributed by atoms with Crippen LogP contribution in [0.3, 0.4) is 0 Å². The minimum atomic E-state index is 0.677. The topological polar surface area (TPSA) is 42.1 Å². The molecule has 0 unspecified atom stereocenters. The third-order valence-corrected chi connectivity index (χ3v) is 2.48. The summed E-state index contributed by atoms with van der Waals surface area (Å²) in [5.74, 6) is 0. The van der Waals surface area contributed by atoms with Gasteiger partial charge in [-0.1, -0.05) is 18.5 Å². The van der Waals surface area contributed by atoms with Crippen LogP contribution in [0.4, 0.5) is 0 Å². The van der Waals surface area contributed by atoms with Gasteiger partial charge in [0.1, 0.15) is 0 Å². The zero-order chi connectivity index (χ0) is 10.4. The highest BCUT2D eigenvalue weighted by Gasteiger charge is 2.05. The van der Waals surface area contributed by atoms with Gasteiger partial charge in [0, 0.05) is 32.0 Å². The molecule has 0 aliphatic heterocycles. The normalized spacial score (nSPS) is 10.9. The fraction of sp³-hybridized carbons (Fsp3) is 0.500. The van der Waals surface area contributed by atoms with Crippen molar-refractivity contribution >= 4 is 11.6 Å². The number of nitrogens with zero attached hydrogens (tertiary/aromatic N) is 2. The molecule has 0 aliphatic carbocycles. The van der Waals surface area contributed by atoms with E-state index in [0.717, 1.165) is 30.2 Å². The van der Waals surface area contributed by atoms with E-state index in [0.29, 0.717) is 6.54 Å². The number of pyridine rings is 1. The summed E-state index contributed by atoms with van der Waals surface area (Å²) in [5, 5.41) is 0.725. The van der Waals surface area contributed by atoms with Gasteiger partial charge in [0.05, 0.1) is 5.02 Å². The Morgan fingerprint density at radius 3 is 2.93 bits per heavy atom. The minimum Gasteiger partial charge on any atom is -0.329 e. The van der Waals surface area contributed by atoms with Crippen LogP contribution >= 0.6 is 11.6 Å². The van der Waals surface area contributed by atoms with Crippen LogP contribution < -0.4 is 5.73 Å². The van der Waals surface area contributed by atoms with Crippen molar-refractivity contribution in [2.45, 2.75) is 13.5 Å². The summed E-state index contributed by atoms with van der Waals surface area (Å²) in [7, 11) is 0. The zero-order valence-corrected chi connectivity index (χ0v) is 9.17. The summed E-state index contributed by atoms with van der Waals surface area (Å²) in [6.07, 6.45) is 3.44. The lowest BCUT2D eigenvalue weighted by atomic mass is 10.2. The Bertz CT molecular complexity index is 278. The van der Waals surface area contributed by atoms with Gasteiger partial charge >= 0.3 is 0 Å². The van der Waals surface area contributed by atoms with E-state index < -0.39 is 0 Å². The first-order valence-corrected chi connectivity index (χ1v) is 5.16. The quantitative estimate of drug-likeness (QED) is 0.807. The van der Waals surface area contributed by atoms with Crippen molar-refractivity contribution in [3.63, 3.8) is 0 Å². The summed E-state index contributed by atoms with van der Waals surface area (Å²) in [6, 6.07) is 1.95. The average molecular weight is 214 g/mol. The van der Waals surface area contributed by atoms with E-state index in [2.05, 4.69) is 16.8 Å². The van der Waals surface area contributed by atoms with E-state index in [1.54, 1.807) is 12.4 Å². The molecule has 0 bridgehead atoms. The molecule has 1 aromatic heterocycles. The van der Waals surface area contributed by atoms with Gasteiger partial charge in [-0.2, -0.15) is 0 Å². The molecule has 1 rings (SSSR count).